The minimum atomic E-state index is -2.76. The molecular weight excluding hydrogens is 194 g/mol. The van der Waals surface area contributed by atoms with Crippen molar-refractivity contribution >= 4 is 12.1 Å². The summed E-state index contributed by atoms with van der Waals surface area (Å²) < 4.78 is 29.5. The number of anilines is 1. The summed E-state index contributed by atoms with van der Waals surface area (Å²) in [7, 11) is 1.19. The first-order valence-corrected chi connectivity index (χ1v) is 3.68. The molecule has 76 valence electrons. The van der Waals surface area contributed by atoms with Gasteiger partial charge >= 0.3 is 0 Å². The average molecular weight is 202 g/mol. The lowest BCUT2D eigenvalue weighted by Crippen LogP contribution is -2.03. The molecule has 2 N–H and O–H groups in total. The first kappa shape index (κ1) is 10.4. The molecule has 0 bridgehead atoms. The number of carbonyl (C=O) groups excluding carboxylic acids is 1. The molecule has 4 nitrogen and oxygen atoms in total. The van der Waals surface area contributed by atoms with Crippen molar-refractivity contribution in [2.24, 2.45) is 0 Å². The normalized spacial score (nSPS) is 10.3. The fourth-order valence-electron chi connectivity index (χ4n) is 1.06. The van der Waals surface area contributed by atoms with Gasteiger partial charge in [0.05, 0.1) is 12.7 Å². The van der Waals surface area contributed by atoms with Crippen LogP contribution < -0.4 is 10.5 Å². The van der Waals surface area contributed by atoms with E-state index in [2.05, 4.69) is 9.72 Å². The number of hydrogen-bond donors (Lipinski definition) is 1. The highest BCUT2D eigenvalue weighted by Crippen LogP contribution is 2.31. The number of nitrogen functional groups attached to an aromatic ring is 1. The Hall–Kier alpha value is -1.72. The Kier molecular flexibility index (Phi) is 2.95. The average Bonchev–Trinajstić information content (AvgIpc) is 2.16. The van der Waals surface area contributed by atoms with Gasteiger partial charge in [-0.1, -0.05) is 0 Å². The molecule has 0 aliphatic carbocycles. The summed E-state index contributed by atoms with van der Waals surface area (Å²) >= 11 is 0. The Morgan fingerprint density at radius 3 is 2.71 bits per heavy atom. The Balaban J connectivity index is 3.39. The molecular formula is C8H8F2N2O2. The lowest BCUT2D eigenvalue weighted by molar-refractivity contribution is 0.111. The Labute approximate surface area is 78.7 Å². The zero-order valence-electron chi connectivity index (χ0n) is 7.33. The lowest BCUT2D eigenvalue weighted by Gasteiger charge is -2.09. The predicted molar refractivity (Wildman–Crippen MR) is 45.5 cm³/mol. The number of alkyl halides is 2. The van der Waals surface area contributed by atoms with Gasteiger partial charge in [0.25, 0.3) is 6.43 Å². The van der Waals surface area contributed by atoms with Crippen LogP contribution in [0.1, 0.15) is 22.5 Å². The summed E-state index contributed by atoms with van der Waals surface area (Å²) in [6.07, 6.45) is -2.44. The van der Waals surface area contributed by atoms with Gasteiger partial charge in [-0.05, 0) is 6.07 Å². The Morgan fingerprint density at radius 1 is 1.64 bits per heavy atom. The van der Waals surface area contributed by atoms with E-state index in [1.165, 1.54) is 7.11 Å². The van der Waals surface area contributed by atoms with E-state index < -0.39 is 12.0 Å². The van der Waals surface area contributed by atoms with E-state index >= 15 is 0 Å². The molecule has 0 aromatic carbocycles. The van der Waals surface area contributed by atoms with Crippen LogP contribution in [0.4, 0.5) is 14.6 Å². The van der Waals surface area contributed by atoms with Crippen LogP contribution in [-0.4, -0.2) is 18.4 Å². The molecule has 1 rings (SSSR count). The van der Waals surface area contributed by atoms with E-state index in [0.717, 1.165) is 6.07 Å². The minimum Gasteiger partial charge on any atom is -0.494 e. The molecule has 0 amide bonds. The van der Waals surface area contributed by atoms with Crippen LogP contribution in [-0.2, 0) is 0 Å². The second-order valence-electron chi connectivity index (χ2n) is 2.47. The van der Waals surface area contributed by atoms with Crippen molar-refractivity contribution < 1.29 is 18.3 Å². The van der Waals surface area contributed by atoms with Crippen LogP contribution in [0.25, 0.3) is 0 Å². The summed E-state index contributed by atoms with van der Waals surface area (Å²) in [5, 5.41) is 0. The second kappa shape index (κ2) is 3.99. The number of pyridine rings is 1. The van der Waals surface area contributed by atoms with E-state index in [9.17, 15) is 13.6 Å². The number of nitrogens with two attached hydrogens (primary N) is 1. The summed E-state index contributed by atoms with van der Waals surface area (Å²) in [5.74, 6) is -0.368. The third-order valence-electron chi connectivity index (χ3n) is 1.60. The van der Waals surface area contributed by atoms with Gasteiger partial charge in [-0.2, -0.15) is 0 Å². The summed E-state index contributed by atoms with van der Waals surface area (Å²) in [4.78, 5) is 14.0. The maximum Gasteiger partial charge on any atom is 0.267 e. The summed E-state index contributed by atoms with van der Waals surface area (Å²) in [5.41, 5.74) is 4.59. The standard InChI is InChI=1S/C8H8F2N2O2/c1-14-7-4(8(9)10)2-6(11)12-5(7)3-13/h2-3,8H,1H3,(H2,11,12). The number of nitrogens with zero attached hydrogens (tertiary/aromatic N) is 1. The van der Waals surface area contributed by atoms with Gasteiger partial charge in [0.1, 0.15) is 11.5 Å². The van der Waals surface area contributed by atoms with Gasteiger partial charge < -0.3 is 10.5 Å². The van der Waals surface area contributed by atoms with E-state index in [0.29, 0.717) is 6.29 Å². The maximum atomic E-state index is 12.4. The first-order chi connectivity index (χ1) is 6.60. The molecule has 0 radical (unpaired) electrons. The number of aromatic nitrogens is 1. The number of methoxy groups -OCH3 is 1. The Morgan fingerprint density at radius 2 is 2.29 bits per heavy atom. The van der Waals surface area contributed by atoms with Crippen molar-refractivity contribution in [1.82, 2.24) is 4.98 Å². The van der Waals surface area contributed by atoms with Gasteiger partial charge in [0.2, 0.25) is 0 Å². The third-order valence-corrected chi connectivity index (χ3v) is 1.60. The van der Waals surface area contributed by atoms with Crippen molar-refractivity contribution in [3.05, 3.63) is 17.3 Å². The Bertz CT molecular complexity index is 355. The number of halogens is 2. The smallest absolute Gasteiger partial charge is 0.267 e. The zero-order chi connectivity index (χ0) is 10.7. The van der Waals surface area contributed by atoms with Crippen molar-refractivity contribution in [2.75, 3.05) is 12.8 Å². The number of aldehydes is 1. The molecule has 0 spiro atoms. The van der Waals surface area contributed by atoms with Gasteiger partial charge in [-0.25, -0.2) is 13.8 Å². The lowest BCUT2D eigenvalue weighted by atomic mass is 10.2. The third kappa shape index (κ3) is 1.78. The van der Waals surface area contributed by atoms with E-state index in [-0.39, 0.29) is 17.3 Å². The summed E-state index contributed by atoms with van der Waals surface area (Å²) in [6, 6.07) is 0.983. The van der Waals surface area contributed by atoms with E-state index in [4.69, 9.17) is 5.73 Å². The highest BCUT2D eigenvalue weighted by atomic mass is 19.3. The highest BCUT2D eigenvalue weighted by molar-refractivity contribution is 5.78. The number of ether oxygens (including phenoxy) is 1. The van der Waals surface area contributed by atoms with E-state index in [1.54, 1.807) is 0 Å². The van der Waals surface area contributed by atoms with Crippen LogP contribution in [0, 0.1) is 0 Å². The van der Waals surface area contributed by atoms with Gasteiger partial charge in [-0.3, -0.25) is 4.79 Å². The van der Waals surface area contributed by atoms with Crippen LogP contribution >= 0.6 is 0 Å². The molecule has 1 heterocycles. The van der Waals surface area contributed by atoms with Crippen molar-refractivity contribution in [3.8, 4) is 5.75 Å². The largest absolute Gasteiger partial charge is 0.494 e. The minimum absolute atomic E-state index is 0.136. The van der Waals surface area contributed by atoms with Gasteiger partial charge in [-0.15, -0.1) is 0 Å². The molecule has 0 aliphatic rings. The molecule has 14 heavy (non-hydrogen) atoms. The van der Waals surface area contributed by atoms with Crippen LogP contribution in [0.5, 0.6) is 5.75 Å². The molecule has 1 aromatic rings. The SMILES string of the molecule is COc1c(C(F)F)cc(N)nc1C=O. The van der Waals surface area contributed by atoms with Crippen LogP contribution in [0.3, 0.4) is 0 Å². The van der Waals surface area contributed by atoms with E-state index in [1.807, 2.05) is 0 Å². The van der Waals surface area contributed by atoms with Crippen molar-refractivity contribution in [1.29, 1.82) is 0 Å². The number of hydrogen-bond acceptors (Lipinski definition) is 4. The first-order valence-electron chi connectivity index (χ1n) is 3.68. The predicted octanol–water partition coefficient (Wildman–Crippen LogP) is 1.42. The van der Waals surface area contributed by atoms with Gasteiger partial charge in [0.15, 0.2) is 12.0 Å². The summed E-state index contributed by atoms with van der Waals surface area (Å²) in [6.45, 7) is 0. The number of carbonyl (C=O) groups is 1. The monoisotopic (exact) mass is 202 g/mol. The van der Waals surface area contributed by atoms with Gasteiger partial charge in [0, 0.05) is 0 Å². The highest BCUT2D eigenvalue weighted by Gasteiger charge is 2.19. The van der Waals surface area contributed by atoms with Crippen molar-refractivity contribution in [2.45, 2.75) is 6.43 Å². The topological polar surface area (TPSA) is 65.2 Å². The van der Waals surface area contributed by atoms with Crippen LogP contribution in [0.2, 0.25) is 0 Å². The maximum absolute atomic E-state index is 12.4. The zero-order valence-corrected chi connectivity index (χ0v) is 7.33. The van der Waals surface area contributed by atoms with Crippen molar-refractivity contribution in [3.63, 3.8) is 0 Å². The molecule has 0 fully saturated rings. The number of rotatable bonds is 3. The molecule has 0 aliphatic heterocycles. The molecule has 1 aromatic heterocycles. The second-order valence-corrected chi connectivity index (χ2v) is 2.47. The molecule has 0 unspecified atom stereocenters. The molecule has 0 saturated carbocycles. The molecule has 0 saturated heterocycles. The quantitative estimate of drug-likeness (QED) is 0.753. The molecule has 6 heteroatoms. The van der Waals surface area contributed by atoms with Crippen LogP contribution in [0.15, 0.2) is 6.07 Å². The fraction of sp³-hybridized carbons (Fsp3) is 0.250. The fourth-order valence-corrected chi connectivity index (χ4v) is 1.06. The molecule has 0 atom stereocenters.